The molecular weight excluding hydrogens is 412 g/mol. The molecule has 2 heterocycles. The van der Waals surface area contributed by atoms with E-state index in [-0.39, 0.29) is 17.7 Å². The van der Waals surface area contributed by atoms with Crippen molar-refractivity contribution in [2.24, 2.45) is 5.73 Å². The van der Waals surface area contributed by atoms with Gasteiger partial charge in [0.1, 0.15) is 23.3 Å². The van der Waals surface area contributed by atoms with Crippen LogP contribution in [0.25, 0.3) is 0 Å². The highest BCUT2D eigenvalue weighted by Gasteiger charge is 2.26. The number of nitrogens with zero attached hydrogens (tertiary/aromatic N) is 3. The molecule has 31 heavy (non-hydrogen) atoms. The largest absolute Gasteiger partial charge is 0.329 e. The van der Waals surface area contributed by atoms with E-state index in [1.807, 2.05) is 4.90 Å². The second-order valence-corrected chi connectivity index (χ2v) is 7.67. The summed E-state index contributed by atoms with van der Waals surface area (Å²) in [4.78, 5) is 15.1. The van der Waals surface area contributed by atoms with E-state index in [1.165, 1.54) is 22.9 Å². The predicted octanol–water partition coefficient (Wildman–Crippen LogP) is 2.77. The van der Waals surface area contributed by atoms with E-state index in [1.54, 1.807) is 4.68 Å². The van der Waals surface area contributed by atoms with Crippen molar-refractivity contribution in [1.82, 2.24) is 14.3 Å². The van der Waals surface area contributed by atoms with Crippen LogP contribution in [0.15, 0.2) is 41.2 Å². The molecule has 0 saturated heterocycles. The third-order valence-corrected chi connectivity index (χ3v) is 5.50. The first-order valence-electron chi connectivity index (χ1n) is 9.98. The lowest BCUT2D eigenvalue weighted by Crippen LogP contribution is -2.32. The Bertz CT molecular complexity index is 1150. The van der Waals surface area contributed by atoms with Crippen LogP contribution in [0.1, 0.15) is 22.4 Å². The molecule has 0 aliphatic carbocycles. The number of fused-ring (bicyclic) bond motifs is 1. The molecule has 0 saturated carbocycles. The summed E-state index contributed by atoms with van der Waals surface area (Å²) in [7, 11) is 0. The van der Waals surface area contributed by atoms with Crippen molar-refractivity contribution >= 4 is 0 Å². The summed E-state index contributed by atoms with van der Waals surface area (Å²) < 4.78 is 57.6. The molecule has 2 N–H and O–H groups in total. The molecular formula is C22H22F4N4O. The summed E-state index contributed by atoms with van der Waals surface area (Å²) in [6.45, 7) is 1.80. The van der Waals surface area contributed by atoms with Gasteiger partial charge in [-0.05, 0) is 23.8 Å². The molecule has 0 spiro atoms. The van der Waals surface area contributed by atoms with Gasteiger partial charge >= 0.3 is 0 Å². The van der Waals surface area contributed by atoms with Gasteiger partial charge in [-0.15, -0.1) is 0 Å². The molecule has 0 unspecified atom stereocenters. The van der Waals surface area contributed by atoms with Crippen LogP contribution in [0.2, 0.25) is 0 Å². The molecule has 0 radical (unpaired) electrons. The normalized spacial score (nSPS) is 14.1. The van der Waals surface area contributed by atoms with Gasteiger partial charge in [-0.3, -0.25) is 14.4 Å². The third kappa shape index (κ3) is 4.42. The molecule has 0 amide bonds. The first kappa shape index (κ1) is 21.3. The van der Waals surface area contributed by atoms with Crippen LogP contribution in [-0.4, -0.2) is 27.4 Å². The van der Waals surface area contributed by atoms with E-state index in [4.69, 9.17) is 5.73 Å². The summed E-state index contributed by atoms with van der Waals surface area (Å²) in [5.74, 6) is -2.70. The first-order chi connectivity index (χ1) is 14.9. The maximum Gasteiger partial charge on any atom is 0.271 e. The summed E-state index contributed by atoms with van der Waals surface area (Å²) in [5, 5.41) is 0. The number of hydrogen-bond donors (Lipinski definition) is 1. The number of aromatic nitrogens is 2. The van der Waals surface area contributed by atoms with Crippen LogP contribution in [0.5, 0.6) is 0 Å². The molecule has 9 heteroatoms. The Morgan fingerprint density at radius 2 is 1.65 bits per heavy atom. The van der Waals surface area contributed by atoms with Crippen molar-refractivity contribution in [3.8, 4) is 0 Å². The SMILES string of the molecule is NCCn1c2c(c(=O)n1Cc1ccc(F)cc1F)CN(Cc1cc(F)cc(F)c1)CC2. The molecule has 1 aromatic heterocycles. The highest BCUT2D eigenvalue weighted by atomic mass is 19.1. The predicted molar refractivity (Wildman–Crippen MR) is 107 cm³/mol. The lowest BCUT2D eigenvalue weighted by molar-refractivity contribution is 0.240. The van der Waals surface area contributed by atoms with Crippen molar-refractivity contribution in [1.29, 1.82) is 0 Å². The lowest BCUT2D eigenvalue weighted by atomic mass is 10.1. The fraction of sp³-hybridized carbons (Fsp3) is 0.318. The molecule has 0 bridgehead atoms. The van der Waals surface area contributed by atoms with Gasteiger partial charge in [0.2, 0.25) is 0 Å². The summed E-state index contributed by atoms with van der Waals surface area (Å²) in [6, 6.07) is 6.62. The Labute approximate surface area is 176 Å². The maximum absolute atomic E-state index is 14.2. The van der Waals surface area contributed by atoms with E-state index in [0.717, 1.165) is 23.9 Å². The maximum atomic E-state index is 14.2. The van der Waals surface area contributed by atoms with E-state index in [0.29, 0.717) is 50.3 Å². The molecule has 3 aromatic rings. The van der Waals surface area contributed by atoms with Crippen LogP contribution in [-0.2, 0) is 32.6 Å². The first-order valence-corrected chi connectivity index (χ1v) is 9.98. The minimum absolute atomic E-state index is 0.0486. The Morgan fingerprint density at radius 1 is 0.903 bits per heavy atom. The summed E-state index contributed by atoms with van der Waals surface area (Å²) in [6.07, 6.45) is 0.543. The fourth-order valence-electron chi connectivity index (χ4n) is 4.14. The zero-order valence-electron chi connectivity index (χ0n) is 16.8. The van der Waals surface area contributed by atoms with Gasteiger partial charge < -0.3 is 5.73 Å². The second kappa shape index (κ2) is 8.68. The van der Waals surface area contributed by atoms with Gasteiger partial charge in [-0.25, -0.2) is 22.2 Å². The van der Waals surface area contributed by atoms with Gasteiger partial charge in [0, 0.05) is 56.0 Å². The van der Waals surface area contributed by atoms with Crippen molar-refractivity contribution in [3.63, 3.8) is 0 Å². The zero-order chi connectivity index (χ0) is 22.1. The number of halogens is 4. The minimum Gasteiger partial charge on any atom is -0.329 e. The van der Waals surface area contributed by atoms with Crippen molar-refractivity contribution in [3.05, 3.63) is 92.4 Å². The number of rotatable bonds is 6. The molecule has 0 fully saturated rings. The standard InChI is InChI=1S/C22H22F4N4O/c23-16-2-1-15(20(26)10-16)12-30-22(31)19-13-28(5-3-21(19)29(30)6-4-27)11-14-7-17(24)9-18(25)8-14/h1-2,7-10H,3-6,11-13,27H2. The highest BCUT2D eigenvalue weighted by Crippen LogP contribution is 2.21. The molecule has 0 atom stereocenters. The average Bonchev–Trinajstić information content (AvgIpc) is 2.95. The lowest BCUT2D eigenvalue weighted by Gasteiger charge is -2.27. The zero-order valence-corrected chi connectivity index (χ0v) is 16.8. The Balaban J connectivity index is 1.64. The molecule has 1 aliphatic rings. The quantitative estimate of drug-likeness (QED) is 0.607. The van der Waals surface area contributed by atoms with Crippen molar-refractivity contribution in [2.45, 2.75) is 32.6 Å². The third-order valence-electron chi connectivity index (χ3n) is 5.50. The van der Waals surface area contributed by atoms with Crippen molar-refractivity contribution in [2.75, 3.05) is 13.1 Å². The number of nitrogens with two attached hydrogens (primary N) is 1. The topological polar surface area (TPSA) is 56.2 Å². The molecule has 5 nitrogen and oxygen atoms in total. The van der Waals surface area contributed by atoms with Crippen LogP contribution in [0.3, 0.4) is 0 Å². The number of benzene rings is 2. The average molecular weight is 434 g/mol. The molecule has 164 valence electrons. The Kier molecular flexibility index (Phi) is 5.97. The number of hydrogen-bond acceptors (Lipinski definition) is 3. The van der Waals surface area contributed by atoms with Crippen LogP contribution in [0.4, 0.5) is 17.6 Å². The van der Waals surface area contributed by atoms with E-state index < -0.39 is 23.3 Å². The summed E-state index contributed by atoms with van der Waals surface area (Å²) in [5.41, 5.74) is 7.51. The van der Waals surface area contributed by atoms with Crippen LogP contribution < -0.4 is 11.3 Å². The molecule has 4 rings (SSSR count). The van der Waals surface area contributed by atoms with Crippen LogP contribution in [0, 0.1) is 23.3 Å². The molecule has 1 aliphatic heterocycles. The van der Waals surface area contributed by atoms with Crippen molar-refractivity contribution < 1.29 is 17.6 Å². The smallest absolute Gasteiger partial charge is 0.271 e. The second-order valence-electron chi connectivity index (χ2n) is 7.67. The monoisotopic (exact) mass is 434 g/mol. The van der Waals surface area contributed by atoms with E-state index in [9.17, 15) is 22.4 Å². The fourth-order valence-corrected chi connectivity index (χ4v) is 4.14. The Hall–Kier alpha value is -2.91. The van der Waals surface area contributed by atoms with E-state index >= 15 is 0 Å². The van der Waals surface area contributed by atoms with Crippen LogP contribution >= 0.6 is 0 Å². The van der Waals surface area contributed by atoms with Gasteiger partial charge in [0.25, 0.3) is 5.56 Å². The van der Waals surface area contributed by atoms with Gasteiger partial charge in [0.05, 0.1) is 18.7 Å². The molecule has 2 aromatic carbocycles. The van der Waals surface area contributed by atoms with Gasteiger partial charge in [-0.2, -0.15) is 0 Å². The van der Waals surface area contributed by atoms with Gasteiger partial charge in [0.15, 0.2) is 0 Å². The Morgan fingerprint density at radius 3 is 2.32 bits per heavy atom. The minimum atomic E-state index is -0.722. The summed E-state index contributed by atoms with van der Waals surface area (Å²) >= 11 is 0. The van der Waals surface area contributed by atoms with Gasteiger partial charge in [-0.1, -0.05) is 6.07 Å². The highest BCUT2D eigenvalue weighted by molar-refractivity contribution is 5.25. The van der Waals surface area contributed by atoms with E-state index in [2.05, 4.69) is 0 Å².